The first-order valence-corrected chi connectivity index (χ1v) is 8.15. The van der Waals surface area contributed by atoms with Crippen LogP contribution in [0.5, 0.6) is 0 Å². The molecule has 0 amide bonds. The second-order valence-electron chi connectivity index (χ2n) is 7.19. The van der Waals surface area contributed by atoms with Gasteiger partial charge < -0.3 is 0 Å². The van der Waals surface area contributed by atoms with Gasteiger partial charge in [-0.2, -0.15) is 13.2 Å². The summed E-state index contributed by atoms with van der Waals surface area (Å²) in [6.45, 7) is 4.31. The number of halogens is 3. The number of fused-ring (bicyclic) bond motifs is 3. The standard InChI is InChI=1S/C21H14F3N/c1-20(2)15-5-3-4-12-14-10-11(21(22,23)24)6-7-13(14)19-18(17(12)15)16(20)8-9-25-19/h3-10H,1-2H3. The minimum atomic E-state index is -4.36. The monoisotopic (exact) mass is 337 g/mol. The second-order valence-corrected chi connectivity index (χ2v) is 7.19. The van der Waals surface area contributed by atoms with Crippen molar-refractivity contribution in [2.75, 3.05) is 0 Å². The van der Waals surface area contributed by atoms with Gasteiger partial charge in [-0.3, -0.25) is 4.98 Å². The molecule has 0 radical (unpaired) electrons. The molecule has 0 bridgehead atoms. The predicted octanol–water partition coefficient (Wildman–Crippen LogP) is 6.20. The van der Waals surface area contributed by atoms with Crippen molar-refractivity contribution in [2.45, 2.75) is 25.4 Å². The molecule has 0 unspecified atom stereocenters. The maximum Gasteiger partial charge on any atom is 0.416 e. The van der Waals surface area contributed by atoms with Crippen LogP contribution in [0.4, 0.5) is 13.2 Å². The van der Waals surface area contributed by atoms with Gasteiger partial charge in [0.1, 0.15) is 0 Å². The highest BCUT2D eigenvalue weighted by Gasteiger charge is 2.36. The van der Waals surface area contributed by atoms with Crippen molar-refractivity contribution in [1.82, 2.24) is 4.98 Å². The largest absolute Gasteiger partial charge is 0.416 e. The first kappa shape index (κ1) is 14.7. The molecular formula is C21H14F3N. The van der Waals surface area contributed by atoms with E-state index in [1.807, 2.05) is 18.2 Å². The first-order valence-electron chi connectivity index (χ1n) is 8.15. The molecule has 1 heterocycles. The highest BCUT2D eigenvalue weighted by molar-refractivity contribution is 6.27. The van der Waals surface area contributed by atoms with Crippen LogP contribution in [0, 0.1) is 0 Å². The predicted molar refractivity (Wildman–Crippen MR) is 93.9 cm³/mol. The van der Waals surface area contributed by atoms with E-state index in [-0.39, 0.29) is 5.41 Å². The molecule has 5 rings (SSSR count). The number of benzene rings is 3. The second kappa shape index (κ2) is 4.31. The van der Waals surface area contributed by atoms with Crippen molar-refractivity contribution in [3.05, 3.63) is 65.4 Å². The van der Waals surface area contributed by atoms with Crippen molar-refractivity contribution in [3.63, 3.8) is 0 Å². The molecule has 4 aromatic rings. The Hall–Kier alpha value is -2.62. The summed E-state index contributed by atoms with van der Waals surface area (Å²) in [5.74, 6) is 0. The summed E-state index contributed by atoms with van der Waals surface area (Å²) < 4.78 is 39.7. The Labute approximate surface area is 142 Å². The molecule has 0 N–H and O–H groups in total. The number of alkyl halides is 3. The number of pyridine rings is 1. The van der Waals surface area contributed by atoms with Gasteiger partial charge in [-0.05, 0) is 45.5 Å². The van der Waals surface area contributed by atoms with E-state index in [1.54, 1.807) is 12.3 Å². The van der Waals surface area contributed by atoms with Gasteiger partial charge in [0.2, 0.25) is 0 Å². The molecule has 4 heteroatoms. The summed E-state index contributed by atoms with van der Waals surface area (Å²) >= 11 is 0. The van der Waals surface area contributed by atoms with Crippen LogP contribution in [0.25, 0.3) is 32.4 Å². The highest BCUT2D eigenvalue weighted by atomic mass is 19.4. The van der Waals surface area contributed by atoms with Gasteiger partial charge in [-0.1, -0.05) is 38.1 Å². The van der Waals surface area contributed by atoms with Gasteiger partial charge in [-0.25, -0.2) is 0 Å². The van der Waals surface area contributed by atoms with Crippen LogP contribution in [0.3, 0.4) is 0 Å². The molecule has 1 aliphatic rings. The zero-order chi connectivity index (χ0) is 17.6. The highest BCUT2D eigenvalue weighted by Crippen LogP contribution is 2.50. The molecule has 3 aromatic carbocycles. The van der Waals surface area contributed by atoms with Gasteiger partial charge in [0.25, 0.3) is 0 Å². The SMILES string of the molecule is CC1(C)c2cccc3c4cc(C(F)(F)F)ccc4c4nccc1c4c23. The fraction of sp³-hybridized carbons (Fsp3) is 0.190. The number of hydrogen-bond acceptors (Lipinski definition) is 1. The van der Waals surface area contributed by atoms with E-state index in [0.29, 0.717) is 5.39 Å². The van der Waals surface area contributed by atoms with E-state index in [0.717, 1.165) is 38.7 Å². The normalized spacial score (nSPS) is 15.7. The number of nitrogens with zero attached hydrogens (tertiary/aromatic N) is 1. The minimum absolute atomic E-state index is 0.187. The van der Waals surface area contributed by atoms with Crippen molar-refractivity contribution < 1.29 is 13.2 Å². The first-order chi connectivity index (χ1) is 11.8. The smallest absolute Gasteiger partial charge is 0.256 e. The van der Waals surface area contributed by atoms with E-state index < -0.39 is 11.7 Å². The van der Waals surface area contributed by atoms with Crippen LogP contribution < -0.4 is 0 Å². The summed E-state index contributed by atoms with van der Waals surface area (Å²) in [7, 11) is 0. The van der Waals surface area contributed by atoms with Crippen molar-refractivity contribution >= 4 is 32.4 Å². The van der Waals surface area contributed by atoms with Gasteiger partial charge in [0.15, 0.2) is 0 Å². The Kier molecular flexibility index (Phi) is 2.54. The molecule has 0 spiro atoms. The third-order valence-corrected chi connectivity index (χ3v) is 5.50. The Morgan fingerprint density at radius 1 is 0.840 bits per heavy atom. The average molecular weight is 337 g/mol. The maximum atomic E-state index is 13.2. The van der Waals surface area contributed by atoms with E-state index in [4.69, 9.17) is 0 Å². The molecule has 1 aromatic heterocycles. The van der Waals surface area contributed by atoms with Crippen molar-refractivity contribution in [3.8, 4) is 0 Å². The average Bonchev–Trinajstić information content (AvgIpc) is 2.82. The van der Waals surface area contributed by atoms with Gasteiger partial charge in [-0.15, -0.1) is 0 Å². The minimum Gasteiger partial charge on any atom is -0.256 e. The lowest BCUT2D eigenvalue weighted by atomic mass is 9.82. The van der Waals surface area contributed by atoms with Gasteiger partial charge in [0.05, 0.1) is 11.1 Å². The molecule has 25 heavy (non-hydrogen) atoms. The molecular weight excluding hydrogens is 323 g/mol. The molecule has 0 atom stereocenters. The number of hydrogen-bond donors (Lipinski definition) is 0. The Balaban J connectivity index is 2.10. The van der Waals surface area contributed by atoms with Gasteiger partial charge in [0, 0.05) is 22.4 Å². The Morgan fingerprint density at radius 2 is 1.60 bits per heavy atom. The van der Waals surface area contributed by atoms with Crippen molar-refractivity contribution in [2.24, 2.45) is 0 Å². The lowest BCUT2D eigenvalue weighted by Gasteiger charge is -2.21. The summed E-state index contributed by atoms with van der Waals surface area (Å²) in [6.07, 6.45) is -2.60. The molecule has 0 saturated heterocycles. The number of rotatable bonds is 0. The van der Waals surface area contributed by atoms with Crippen LogP contribution >= 0.6 is 0 Å². The maximum absolute atomic E-state index is 13.2. The fourth-order valence-corrected chi connectivity index (χ4v) is 4.30. The van der Waals surface area contributed by atoms with Crippen LogP contribution in [0.1, 0.15) is 30.5 Å². The molecule has 0 fully saturated rings. The quantitative estimate of drug-likeness (QED) is 0.348. The molecule has 1 aliphatic carbocycles. The zero-order valence-corrected chi connectivity index (χ0v) is 13.7. The zero-order valence-electron chi connectivity index (χ0n) is 13.7. The van der Waals surface area contributed by atoms with E-state index in [9.17, 15) is 13.2 Å². The molecule has 124 valence electrons. The van der Waals surface area contributed by atoms with E-state index in [2.05, 4.69) is 24.9 Å². The fourth-order valence-electron chi connectivity index (χ4n) is 4.30. The molecule has 1 nitrogen and oxygen atoms in total. The summed E-state index contributed by atoms with van der Waals surface area (Å²) in [6, 6.07) is 11.9. The lowest BCUT2D eigenvalue weighted by Crippen LogP contribution is -2.15. The van der Waals surface area contributed by atoms with Crippen LogP contribution in [-0.4, -0.2) is 4.98 Å². The summed E-state index contributed by atoms with van der Waals surface area (Å²) in [5.41, 5.74) is 2.31. The van der Waals surface area contributed by atoms with Crippen LogP contribution in [0.2, 0.25) is 0 Å². The van der Waals surface area contributed by atoms with Crippen molar-refractivity contribution in [1.29, 1.82) is 0 Å². The Bertz CT molecular complexity index is 1200. The lowest BCUT2D eigenvalue weighted by molar-refractivity contribution is -0.137. The summed E-state index contributed by atoms with van der Waals surface area (Å²) in [4.78, 5) is 4.53. The molecule has 0 aliphatic heterocycles. The van der Waals surface area contributed by atoms with Crippen LogP contribution in [-0.2, 0) is 11.6 Å². The molecule has 0 saturated carbocycles. The topological polar surface area (TPSA) is 12.9 Å². The Morgan fingerprint density at radius 3 is 2.36 bits per heavy atom. The van der Waals surface area contributed by atoms with Crippen LogP contribution in [0.15, 0.2) is 48.7 Å². The van der Waals surface area contributed by atoms with E-state index >= 15 is 0 Å². The summed E-state index contributed by atoms with van der Waals surface area (Å²) in [5, 5.41) is 4.36. The van der Waals surface area contributed by atoms with E-state index in [1.165, 1.54) is 11.6 Å². The van der Waals surface area contributed by atoms with Gasteiger partial charge >= 0.3 is 6.18 Å². The third-order valence-electron chi connectivity index (χ3n) is 5.50. The third kappa shape index (κ3) is 1.72. The number of aromatic nitrogens is 1.